The highest BCUT2D eigenvalue weighted by Gasteiger charge is 2.35. The highest BCUT2D eigenvalue weighted by molar-refractivity contribution is 9.10. The molecule has 1 N–H and O–H groups in total. The maximum Gasteiger partial charge on any atom is 0.293 e. The fourth-order valence-corrected chi connectivity index (χ4v) is 5.32. The van der Waals surface area contributed by atoms with Crippen LogP contribution in [0.4, 0.5) is 10.5 Å². The third-order valence-electron chi connectivity index (χ3n) is 5.48. The molecule has 3 aromatic rings. The van der Waals surface area contributed by atoms with Gasteiger partial charge in [0.05, 0.1) is 15.9 Å². The summed E-state index contributed by atoms with van der Waals surface area (Å²) in [6.45, 7) is -0.108. The number of hydrogen-bond acceptors (Lipinski definition) is 7. The first kappa shape index (κ1) is 26.4. The third kappa shape index (κ3) is 5.94. The molecule has 0 aromatic heterocycles. The normalized spacial score (nSPS) is 15.3. The zero-order valence-corrected chi connectivity index (χ0v) is 23.2. The highest BCUT2D eigenvalue weighted by Crippen LogP contribution is 2.39. The molecule has 5 rings (SSSR count). The SMILES string of the molecule is O=C(COc1ccc(/C=C2\SC(=O)N(Cc3cc4c(cc3Cl)OCO4)C2=O)cc1Br)Nc1ccc(Cl)cc1. The van der Waals surface area contributed by atoms with Crippen molar-refractivity contribution < 1.29 is 28.6 Å². The Bertz CT molecular complexity index is 1480. The van der Waals surface area contributed by atoms with Crippen LogP contribution in [0.2, 0.25) is 10.0 Å². The Morgan fingerprint density at radius 1 is 1.08 bits per heavy atom. The average Bonchev–Trinajstić information content (AvgIpc) is 3.44. The van der Waals surface area contributed by atoms with Crippen molar-refractivity contribution in [3.8, 4) is 17.2 Å². The molecular weight excluding hydrogens is 619 g/mol. The predicted molar refractivity (Wildman–Crippen MR) is 149 cm³/mol. The predicted octanol–water partition coefficient (Wildman–Crippen LogP) is 6.74. The Labute approximate surface area is 239 Å². The molecular formula is C26H17BrCl2N2O6S. The summed E-state index contributed by atoms with van der Waals surface area (Å²) >= 11 is 16.4. The topological polar surface area (TPSA) is 94.2 Å². The molecule has 1 fully saturated rings. The van der Waals surface area contributed by atoms with Crippen molar-refractivity contribution in [2.75, 3.05) is 18.7 Å². The van der Waals surface area contributed by atoms with Crippen LogP contribution in [0.3, 0.4) is 0 Å². The summed E-state index contributed by atoms with van der Waals surface area (Å²) in [5, 5.41) is 3.26. The lowest BCUT2D eigenvalue weighted by Gasteiger charge is -2.14. The number of anilines is 1. The standard InChI is InChI=1S/C26H17BrCl2N2O6S/c27-18-7-14(1-6-20(18)35-12-24(32)30-17-4-2-16(28)3-5-17)8-23-25(33)31(26(34)38-23)11-15-9-21-22(10-19(15)29)37-13-36-21/h1-10H,11-13H2,(H,30,32)/b23-8-. The van der Waals surface area contributed by atoms with E-state index in [4.69, 9.17) is 37.4 Å². The minimum absolute atomic E-state index is 0.00599. The van der Waals surface area contributed by atoms with E-state index >= 15 is 0 Å². The highest BCUT2D eigenvalue weighted by atomic mass is 79.9. The number of carbonyl (C=O) groups is 3. The molecule has 8 nitrogen and oxygen atoms in total. The molecule has 3 aromatic carbocycles. The van der Waals surface area contributed by atoms with Crippen LogP contribution in [-0.4, -0.2) is 35.4 Å². The molecule has 2 heterocycles. The molecule has 0 unspecified atom stereocenters. The number of hydrogen-bond donors (Lipinski definition) is 1. The fourth-order valence-electron chi connectivity index (χ4n) is 3.64. The maximum absolute atomic E-state index is 13.0. The monoisotopic (exact) mass is 634 g/mol. The van der Waals surface area contributed by atoms with Gasteiger partial charge in [-0.15, -0.1) is 0 Å². The molecule has 0 saturated carbocycles. The van der Waals surface area contributed by atoms with Crippen LogP contribution in [0, 0.1) is 0 Å². The minimum Gasteiger partial charge on any atom is -0.483 e. The molecule has 38 heavy (non-hydrogen) atoms. The van der Waals surface area contributed by atoms with Crippen molar-refractivity contribution in [3.63, 3.8) is 0 Å². The van der Waals surface area contributed by atoms with Gasteiger partial charge in [-0.25, -0.2) is 0 Å². The number of halogens is 3. The van der Waals surface area contributed by atoms with Gasteiger partial charge in [0.1, 0.15) is 5.75 Å². The van der Waals surface area contributed by atoms with E-state index in [0.717, 1.165) is 16.7 Å². The lowest BCUT2D eigenvalue weighted by Crippen LogP contribution is -2.27. The van der Waals surface area contributed by atoms with Gasteiger partial charge < -0.3 is 19.5 Å². The van der Waals surface area contributed by atoms with Crippen molar-refractivity contribution in [2.24, 2.45) is 0 Å². The van der Waals surface area contributed by atoms with Crippen molar-refractivity contribution in [2.45, 2.75) is 6.54 Å². The molecule has 0 bridgehead atoms. The fraction of sp³-hybridized carbons (Fsp3) is 0.115. The van der Waals surface area contributed by atoms with E-state index in [1.807, 2.05) is 0 Å². The lowest BCUT2D eigenvalue weighted by molar-refractivity contribution is -0.123. The Kier molecular flexibility index (Phi) is 7.85. The maximum atomic E-state index is 13.0. The number of carbonyl (C=O) groups excluding carboxylic acids is 3. The van der Waals surface area contributed by atoms with Crippen LogP contribution in [0.1, 0.15) is 11.1 Å². The smallest absolute Gasteiger partial charge is 0.293 e. The van der Waals surface area contributed by atoms with Crippen LogP contribution in [0.15, 0.2) is 64.0 Å². The molecule has 0 aliphatic carbocycles. The first-order valence-corrected chi connectivity index (χ1v) is 13.4. The van der Waals surface area contributed by atoms with E-state index in [1.54, 1.807) is 60.7 Å². The summed E-state index contributed by atoms with van der Waals surface area (Å²) in [5.41, 5.74) is 1.84. The molecule has 3 amide bonds. The summed E-state index contributed by atoms with van der Waals surface area (Å²) in [6.07, 6.45) is 1.62. The van der Waals surface area contributed by atoms with Gasteiger partial charge in [0.25, 0.3) is 17.1 Å². The van der Waals surface area contributed by atoms with Crippen LogP contribution >= 0.6 is 50.9 Å². The number of ether oxygens (including phenoxy) is 3. The summed E-state index contributed by atoms with van der Waals surface area (Å²) in [7, 11) is 0. The summed E-state index contributed by atoms with van der Waals surface area (Å²) in [6, 6.07) is 15.1. The van der Waals surface area contributed by atoms with E-state index in [9.17, 15) is 14.4 Å². The minimum atomic E-state index is -0.427. The molecule has 1 saturated heterocycles. The Balaban J connectivity index is 1.22. The van der Waals surface area contributed by atoms with E-state index in [2.05, 4.69) is 21.2 Å². The van der Waals surface area contributed by atoms with Crippen molar-refractivity contribution >= 4 is 79.7 Å². The summed E-state index contributed by atoms with van der Waals surface area (Å²) in [4.78, 5) is 39.2. The molecule has 0 radical (unpaired) electrons. The lowest BCUT2D eigenvalue weighted by atomic mass is 10.1. The first-order valence-electron chi connectivity index (χ1n) is 11.1. The molecule has 0 atom stereocenters. The quantitative estimate of drug-likeness (QED) is 0.287. The molecule has 2 aliphatic heterocycles. The molecule has 2 aliphatic rings. The van der Waals surface area contributed by atoms with Gasteiger partial charge in [0, 0.05) is 21.8 Å². The second-order valence-corrected chi connectivity index (χ2v) is 10.8. The largest absolute Gasteiger partial charge is 0.483 e. The number of imide groups is 1. The Hall–Kier alpha value is -3.18. The second-order valence-electron chi connectivity index (χ2n) is 8.10. The molecule has 194 valence electrons. The number of thioether (sulfide) groups is 1. The van der Waals surface area contributed by atoms with Gasteiger partial charge in [0.2, 0.25) is 6.79 Å². The number of rotatable bonds is 7. The number of fused-ring (bicyclic) bond motifs is 1. The van der Waals surface area contributed by atoms with Crippen LogP contribution in [-0.2, 0) is 16.1 Å². The zero-order chi connectivity index (χ0) is 26.8. The zero-order valence-electron chi connectivity index (χ0n) is 19.3. The van der Waals surface area contributed by atoms with Crippen molar-refractivity contribution in [3.05, 3.63) is 85.1 Å². The summed E-state index contributed by atoms with van der Waals surface area (Å²) in [5.74, 6) is 0.719. The van der Waals surface area contributed by atoms with E-state index in [0.29, 0.717) is 48.6 Å². The molecule has 12 heteroatoms. The van der Waals surface area contributed by atoms with Gasteiger partial charge in [0.15, 0.2) is 18.1 Å². The van der Waals surface area contributed by atoms with E-state index in [-0.39, 0.29) is 30.8 Å². The van der Waals surface area contributed by atoms with Crippen LogP contribution in [0.5, 0.6) is 17.2 Å². The Morgan fingerprint density at radius 2 is 1.82 bits per heavy atom. The second kappa shape index (κ2) is 11.3. The van der Waals surface area contributed by atoms with Gasteiger partial charge in [-0.05, 0) is 87.4 Å². The number of benzene rings is 3. The average molecular weight is 636 g/mol. The van der Waals surface area contributed by atoms with Gasteiger partial charge >= 0.3 is 0 Å². The van der Waals surface area contributed by atoms with Gasteiger partial charge in [-0.2, -0.15) is 0 Å². The number of nitrogens with one attached hydrogen (secondary N) is 1. The van der Waals surface area contributed by atoms with E-state index < -0.39 is 11.1 Å². The summed E-state index contributed by atoms with van der Waals surface area (Å²) < 4.78 is 16.9. The van der Waals surface area contributed by atoms with Crippen LogP contribution < -0.4 is 19.5 Å². The van der Waals surface area contributed by atoms with E-state index in [1.165, 1.54) is 0 Å². The van der Waals surface area contributed by atoms with Gasteiger partial charge in [-0.3, -0.25) is 19.3 Å². The van der Waals surface area contributed by atoms with Gasteiger partial charge in [-0.1, -0.05) is 29.3 Å². The first-order chi connectivity index (χ1) is 18.3. The number of nitrogens with zero attached hydrogens (tertiary/aromatic N) is 1. The van der Waals surface area contributed by atoms with Crippen LogP contribution in [0.25, 0.3) is 6.08 Å². The van der Waals surface area contributed by atoms with Crippen molar-refractivity contribution in [1.29, 1.82) is 0 Å². The Morgan fingerprint density at radius 3 is 2.55 bits per heavy atom. The molecule has 0 spiro atoms. The third-order valence-corrected chi connectivity index (χ3v) is 7.62. The number of amides is 3. The van der Waals surface area contributed by atoms with Crippen molar-refractivity contribution in [1.82, 2.24) is 4.90 Å².